The molecule has 2 aliphatic heterocycles. The minimum Gasteiger partial charge on any atom is -0.359 e. The summed E-state index contributed by atoms with van der Waals surface area (Å²) in [5.41, 5.74) is 3.12. The van der Waals surface area contributed by atoms with Gasteiger partial charge in [-0.1, -0.05) is 46.3 Å². The molecule has 2 aromatic carbocycles. The number of halogens is 1. The molecule has 0 bridgehead atoms. The maximum atomic E-state index is 6.51. The second-order valence-electron chi connectivity index (χ2n) is 6.16. The summed E-state index contributed by atoms with van der Waals surface area (Å²) < 4.78 is 7.58. The molecule has 0 radical (unpaired) electrons. The normalized spacial score (nSPS) is 29.5. The number of ether oxygens (including phenoxy) is 1. The molecule has 2 nitrogen and oxygen atoms in total. The van der Waals surface area contributed by atoms with E-state index in [0.717, 1.165) is 28.9 Å². The number of thioether (sulfide) groups is 1. The molecule has 1 spiro atoms. The van der Waals surface area contributed by atoms with E-state index >= 15 is 0 Å². The zero-order valence-corrected chi connectivity index (χ0v) is 15.4. The fourth-order valence-corrected chi connectivity index (χ4v) is 5.35. The van der Waals surface area contributed by atoms with Gasteiger partial charge in [0, 0.05) is 22.9 Å². The molecule has 4 rings (SSSR count). The largest absolute Gasteiger partial charge is 0.359 e. The van der Waals surface area contributed by atoms with E-state index in [-0.39, 0.29) is 5.41 Å². The van der Waals surface area contributed by atoms with Crippen LogP contribution in [-0.4, -0.2) is 18.6 Å². The van der Waals surface area contributed by atoms with Gasteiger partial charge in [0.1, 0.15) is 0 Å². The van der Waals surface area contributed by atoms with Gasteiger partial charge in [-0.2, -0.15) is 0 Å². The van der Waals surface area contributed by atoms with E-state index in [9.17, 15) is 0 Å². The Morgan fingerprint density at radius 3 is 2.74 bits per heavy atom. The predicted molar refractivity (Wildman–Crippen MR) is 101 cm³/mol. The van der Waals surface area contributed by atoms with Crippen molar-refractivity contribution >= 4 is 39.6 Å². The van der Waals surface area contributed by atoms with Gasteiger partial charge in [0.2, 0.25) is 0 Å². The van der Waals surface area contributed by atoms with Crippen LogP contribution < -0.4 is 0 Å². The molecule has 2 aliphatic rings. The first-order chi connectivity index (χ1) is 11.2. The molecule has 2 heterocycles. The van der Waals surface area contributed by atoms with Crippen molar-refractivity contribution in [1.82, 2.24) is 0 Å². The molecule has 0 aromatic heterocycles. The van der Waals surface area contributed by atoms with E-state index in [2.05, 4.69) is 71.5 Å². The van der Waals surface area contributed by atoms with Gasteiger partial charge in [0.05, 0.1) is 11.1 Å². The summed E-state index contributed by atoms with van der Waals surface area (Å²) >= 11 is 5.52. The van der Waals surface area contributed by atoms with Crippen LogP contribution in [0.3, 0.4) is 0 Å². The number of rotatable bonds is 1. The molecule has 1 fully saturated rings. The average molecular weight is 388 g/mol. The fraction of sp³-hybridized carbons (Fsp3) is 0.316. The monoisotopic (exact) mass is 387 g/mol. The van der Waals surface area contributed by atoms with E-state index in [0.29, 0.717) is 0 Å². The zero-order chi connectivity index (χ0) is 15.9. The third-order valence-corrected chi connectivity index (χ3v) is 6.89. The molecule has 2 aromatic rings. The Kier molecular flexibility index (Phi) is 3.87. The van der Waals surface area contributed by atoms with Crippen molar-refractivity contribution in [3.05, 3.63) is 64.1 Å². The molecule has 118 valence electrons. The van der Waals surface area contributed by atoms with Crippen LogP contribution in [0.1, 0.15) is 24.5 Å². The third-order valence-electron chi connectivity index (χ3n) is 4.73. The van der Waals surface area contributed by atoms with Gasteiger partial charge in [-0.15, -0.1) is 11.8 Å². The van der Waals surface area contributed by atoms with Crippen LogP contribution in [0.25, 0.3) is 0 Å². The Bertz CT molecular complexity index is 755. The lowest BCUT2D eigenvalue weighted by molar-refractivity contribution is -0.0162. The van der Waals surface area contributed by atoms with E-state index in [4.69, 9.17) is 9.73 Å². The third kappa shape index (κ3) is 2.31. The number of nitrogens with zero attached hydrogens (tertiary/aromatic N) is 1. The fourth-order valence-electron chi connectivity index (χ4n) is 3.48. The maximum absolute atomic E-state index is 6.51. The van der Waals surface area contributed by atoms with Crippen LogP contribution in [-0.2, 0) is 15.1 Å². The number of aliphatic imine (C=N–C) groups is 1. The molecule has 0 unspecified atom stereocenters. The topological polar surface area (TPSA) is 21.6 Å². The molecular formula is C19H18BrNOS. The number of hydrogen-bond donors (Lipinski definition) is 0. The summed E-state index contributed by atoms with van der Waals surface area (Å²) in [5.74, 6) is 1.10. The summed E-state index contributed by atoms with van der Waals surface area (Å²) in [5, 5.41) is 0. The van der Waals surface area contributed by atoms with Gasteiger partial charge in [0.25, 0.3) is 0 Å². The lowest BCUT2D eigenvalue weighted by Gasteiger charge is -2.50. The first-order valence-electron chi connectivity index (χ1n) is 7.84. The first kappa shape index (κ1) is 15.4. The molecule has 23 heavy (non-hydrogen) atoms. The lowest BCUT2D eigenvalue weighted by atomic mass is 9.73. The number of benzene rings is 2. The SMILES string of the molecule is C[C@]1(c2ccccc2)C=Nc2ccc(Br)cc2[C@]12OCCCS2. The molecule has 0 aliphatic carbocycles. The van der Waals surface area contributed by atoms with Crippen LogP contribution in [0.2, 0.25) is 0 Å². The van der Waals surface area contributed by atoms with E-state index in [1.54, 1.807) is 0 Å². The highest BCUT2D eigenvalue weighted by atomic mass is 79.9. The van der Waals surface area contributed by atoms with Crippen molar-refractivity contribution in [2.24, 2.45) is 4.99 Å². The zero-order valence-electron chi connectivity index (χ0n) is 13.0. The van der Waals surface area contributed by atoms with Gasteiger partial charge >= 0.3 is 0 Å². The molecule has 0 saturated carbocycles. The van der Waals surface area contributed by atoms with Gasteiger partial charge in [-0.25, -0.2) is 0 Å². The van der Waals surface area contributed by atoms with Crippen LogP contribution in [0.5, 0.6) is 0 Å². The Hall–Kier alpha value is -1.10. The molecular weight excluding hydrogens is 370 g/mol. The van der Waals surface area contributed by atoms with Gasteiger partial charge in [0.15, 0.2) is 4.93 Å². The Morgan fingerprint density at radius 1 is 1.17 bits per heavy atom. The van der Waals surface area contributed by atoms with E-state index in [1.807, 2.05) is 17.8 Å². The second kappa shape index (κ2) is 5.76. The van der Waals surface area contributed by atoms with Crippen molar-refractivity contribution in [3.8, 4) is 0 Å². The molecule has 4 heteroatoms. The predicted octanol–water partition coefficient (Wildman–Crippen LogP) is 5.43. The summed E-state index contributed by atoms with van der Waals surface area (Å²) in [4.78, 5) is 4.35. The smallest absolute Gasteiger partial charge is 0.155 e. The minimum absolute atomic E-state index is 0.298. The van der Waals surface area contributed by atoms with Gasteiger partial charge < -0.3 is 4.74 Å². The van der Waals surface area contributed by atoms with Crippen molar-refractivity contribution in [2.75, 3.05) is 12.4 Å². The van der Waals surface area contributed by atoms with E-state index < -0.39 is 4.93 Å². The van der Waals surface area contributed by atoms with Gasteiger partial charge in [-0.3, -0.25) is 4.99 Å². The molecule has 0 amide bonds. The standard InChI is InChI=1S/C19H18BrNOS/c1-18(14-6-3-2-4-7-14)13-21-17-9-8-15(20)12-16(17)19(18)22-10-5-11-23-19/h2-4,6-9,12-13H,5,10-11H2,1H3/t18-,19-/m1/s1. The second-order valence-corrected chi connectivity index (χ2v) is 8.34. The van der Waals surface area contributed by atoms with E-state index in [1.165, 1.54) is 11.1 Å². The van der Waals surface area contributed by atoms with Crippen LogP contribution >= 0.6 is 27.7 Å². The Labute approximate surface area is 149 Å². The molecule has 0 N–H and O–H groups in total. The molecule has 1 saturated heterocycles. The summed E-state index contributed by atoms with van der Waals surface area (Å²) in [7, 11) is 0. The minimum atomic E-state index is -0.423. The van der Waals surface area contributed by atoms with Crippen LogP contribution in [0.4, 0.5) is 5.69 Å². The maximum Gasteiger partial charge on any atom is 0.155 e. The number of hydrogen-bond acceptors (Lipinski definition) is 3. The van der Waals surface area contributed by atoms with Gasteiger partial charge in [-0.05, 0) is 42.9 Å². The molecule has 2 atom stereocenters. The highest BCUT2D eigenvalue weighted by molar-refractivity contribution is 9.10. The number of fused-ring (bicyclic) bond motifs is 2. The highest BCUT2D eigenvalue weighted by Crippen LogP contribution is 2.58. The highest BCUT2D eigenvalue weighted by Gasteiger charge is 2.55. The Balaban J connectivity index is 1.97. The summed E-state index contributed by atoms with van der Waals surface area (Å²) in [6, 6.07) is 16.9. The summed E-state index contributed by atoms with van der Waals surface area (Å²) in [6.07, 6.45) is 3.18. The van der Waals surface area contributed by atoms with Crippen LogP contribution in [0.15, 0.2) is 58.0 Å². The lowest BCUT2D eigenvalue weighted by Crippen LogP contribution is -2.51. The van der Waals surface area contributed by atoms with Crippen molar-refractivity contribution in [1.29, 1.82) is 0 Å². The van der Waals surface area contributed by atoms with Crippen molar-refractivity contribution < 1.29 is 4.74 Å². The quantitative estimate of drug-likeness (QED) is 0.650. The van der Waals surface area contributed by atoms with Crippen molar-refractivity contribution in [3.63, 3.8) is 0 Å². The van der Waals surface area contributed by atoms with Crippen molar-refractivity contribution in [2.45, 2.75) is 23.7 Å². The Morgan fingerprint density at radius 2 is 2.00 bits per heavy atom. The first-order valence-corrected chi connectivity index (χ1v) is 9.62. The summed E-state index contributed by atoms with van der Waals surface area (Å²) in [6.45, 7) is 3.03. The average Bonchev–Trinajstić information content (AvgIpc) is 2.61. The van der Waals surface area contributed by atoms with Crippen LogP contribution in [0, 0.1) is 0 Å².